The van der Waals surface area contributed by atoms with Crippen LogP contribution in [0.4, 0.5) is 0 Å². The van der Waals surface area contributed by atoms with Gasteiger partial charge in [-0.25, -0.2) is 0 Å². The van der Waals surface area contributed by atoms with E-state index in [0.29, 0.717) is 6.04 Å². The molecule has 2 unspecified atom stereocenters. The largest absolute Gasteiger partial charge is 0.302 e. The maximum Gasteiger partial charge on any atom is 0.108 e. The van der Waals surface area contributed by atoms with Gasteiger partial charge in [0.05, 0.1) is 6.07 Å². The zero-order valence-electron chi connectivity index (χ0n) is 13.5. The predicted octanol–water partition coefficient (Wildman–Crippen LogP) is 3.31. The lowest BCUT2D eigenvalue weighted by Crippen LogP contribution is -2.53. The van der Waals surface area contributed by atoms with Gasteiger partial charge in [0, 0.05) is 12.1 Å². The van der Waals surface area contributed by atoms with E-state index in [-0.39, 0.29) is 5.54 Å². The molecule has 0 aromatic heterocycles. The Morgan fingerprint density at radius 1 is 1.20 bits per heavy atom. The summed E-state index contributed by atoms with van der Waals surface area (Å²) in [6.45, 7) is 2.32. The van der Waals surface area contributed by atoms with Crippen LogP contribution in [0.1, 0.15) is 64.7 Å². The van der Waals surface area contributed by atoms with Crippen molar-refractivity contribution in [3.05, 3.63) is 0 Å². The van der Waals surface area contributed by atoms with E-state index in [1.165, 1.54) is 44.9 Å². The number of nitrogens with zero attached hydrogens (tertiary/aromatic N) is 2. The highest BCUT2D eigenvalue weighted by Gasteiger charge is 2.38. The molecule has 0 amide bonds. The van der Waals surface area contributed by atoms with Crippen molar-refractivity contribution in [2.24, 2.45) is 5.92 Å². The third-order valence-corrected chi connectivity index (χ3v) is 5.96. The molecule has 2 aliphatic rings. The van der Waals surface area contributed by atoms with Crippen molar-refractivity contribution in [1.29, 1.82) is 5.26 Å². The topological polar surface area (TPSA) is 39.1 Å². The molecule has 2 saturated carbocycles. The van der Waals surface area contributed by atoms with Gasteiger partial charge in [0.25, 0.3) is 0 Å². The van der Waals surface area contributed by atoms with Crippen LogP contribution in [0.25, 0.3) is 0 Å². The van der Waals surface area contributed by atoms with Gasteiger partial charge < -0.3 is 10.2 Å². The van der Waals surface area contributed by atoms with Crippen LogP contribution in [0.3, 0.4) is 0 Å². The molecule has 0 aromatic carbocycles. The van der Waals surface area contributed by atoms with Crippen molar-refractivity contribution in [2.75, 3.05) is 14.1 Å². The molecule has 0 saturated heterocycles. The van der Waals surface area contributed by atoms with Gasteiger partial charge in [-0.2, -0.15) is 5.26 Å². The first-order valence-electron chi connectivity index (χ1n) is 8.46. The van der Waals surface area contributed by atoms with Crippen LogP contribution in [0.5, 0.6) is 0 Å². The first kappa shape index (κ1) is 15.8. The molecule has 20 heavy (non-hydrogen) atoms. The molecule has 2 rings (SSSR count). The lowest BCUT2D eigenvalue weighted by molar-refractivity contribution is 0.0781. The summed E-state index contributed by atoms with van der Waals surface area (Å²) in [6, 6.07) is 3.86. The average Bonchev–Trinajstić information content (AvgIpc) is 2.54. The molecular formula is C17H31N3. The standard InChI is InChI=1S/C17H31N3/c1-4-14-7-9-15(10-8-14)20(3)16-6-5-11-17(12-16,13-18)19-2/h14-16,19H,4-12H2,1-3H3. The Morgan fingerprint density at radius 3 is 2.45 bits per heavy atom. The van der Waals surface area contributed by atoms with E-state index in [1.54, 1.807) is 0 Å². The van der Waals surface area contributed by atoms with Crippen molar-refractivity contribution in [3.63, 3.8) is 0 Å². The Balaban J connectivity index is 1.92. The minimum Gasteiger partial charge on any atom is -0.302 e. The van der Waals surface area contributed by atoms with Crippen LogP contribution in [-0.2, 0) is 0 Å². The number of nitrogens with one attached hydrogen (secondary N) is 1. The number of hydrogen-bond donors (Lipinski definition) is 1. The van der Waals surface area contributed by atoms with Crippen LogP contribution >= 0.6 is 0 Å². The second-order valence-electron chi connectivity index (χ2n) is 6.94. The van der Waals surface area contributed by atoms with E-state index >= 15 is 0 Å². The van der Waals surface area contributed by atoms with Crippen LogP contribution in [-0.4, -0.2) is 36.6 Å². The van der Waals surface area contributed by atoms with Crippen molar-refractivity contribution in [2.45, 2.75) is 82.3 Å². The Hall–Kier alpha value is -0.590. The summed E-state index contributed by atoms with van der Waals surface area (Å²) in [7, 11) is 4.24. The van der Waals surface area contributed by atoms with E-state index in [2.05, 4.69) is 30.3 Å². The first-order valence-corrected chi connectivity index (χ1v) is 8.46. The Morgan fingerprint density at radius 2 is 1.90 bits per heavy atom. The molecule has 0 aliphatic heterocycles. The highest BCUT2D eigenvalue weighted by molar-refractivity contribution is 5.10. The van der Waals surface area contributed by atoms with Gasteiger partial charge in [0.1, 0.15) is 5.54 Å². The summed E-state index contributed by atoms with van der Waals surface area (Å²) < 4.78 is 0. The third kappa shape index (κ3) is 3.35. The quantitative estimate of drug-likeness (QED) is 0.857. The molecule has 2 fully saturated rings. The summed E-state index contributed by atoms with van der Waals surface area (Å²) in [6.07, 6.45) is 11.3. The van der Waals surface area contributed by atoms with Gasteiger partial charge >= 0.3 is 0 Å². The SMILES string of the molecule is CCC1CCC(N(C)C2CCCC(C#N)(NC)C2)CC1. The van der Waals surface area contributed by atoms with E-state index in [9.17, 15) is 5.26 Å². The summed E-state index contributed by atoms with van der Waals surface area (Å²) in [4.78, 5) is 2.61. The fraction of sp³-hybridized carbons (Fsp3) is 0.941. The number of hydrogen-bond acceptors (Lipinski definition) is 3. The van der Waals surface area contributed by atoms with Gasteiger partial charge in [-0.05, 0) is 71.4 Å². The van der Waals surface area contributed by atoms with Crippen molar-refractivity contribution >= 4 is 0 Å². The molecular weight excluding hydrogens is 246 g/mol. The first-order chi connectivity index (χ1) is 9.64. The fourth-order valence-corrected chi connectivity index (χ4v) is 4.24. The molecule has 114 valence electrons. The molecule has 3 heteroatoms. The van der Waals surface area contributed by atoms with Crippen LogP contribution in [0.2, 0.25) is 0 Å². The maximum atomic E-state index is 9.49. The smallest absolute Gasteiger partial charge is 0.108 e. The van der Waals surface area contributed by atoms with Gasteiger partial charge in [-0.15, -0.1) is 0 Å². The molecule has 0 bridgehead atoms. The van der Waals surface area contributed by atoms with Crippen LogP contribution in [0.15, 0.2) is 0 Å². The number of nitriles is 1. The van der Waals surface area contributed by atoms with E-state index in [4.69, 9.17) is 0 Å². The summed E-state index contributed by atoms with van der Waals surface area (Å²) in [5, 5.41) is 12.8. The molecule has 3 nitrogen and oxygen atoms in total. The summed E-state index contributed by atoms with van der Waals surface area (Å²) in [5.41, 5.74) is -0.280. The second kappa shape index (κ2) is 6.91. The summed E-state index contributed by atoms with van der Waals surface area (Å²) in [5.74, 6) is 0.960. The molecule has 0 radical (unpaired) electrons. The monoisotopic (exact) mass is 277 g/mol. The minimum absolute atomic E-state index is 0.280. The van der Waals surface area contributed by atoms with Gasteiger partial charge in [-0.3, -0.25) is 0 Å². The van der Waals surface area contributed by atoms with E-state index < -0.39 is 0 Å². The second-order valence-corrected chi connectivity index (χ2v) is 6.94. The Bertz CT molecular complexity index is 341. The third-order valence-electron chi connectivity index (χ3n) is 5.96. The minimum atomic E-state index is -0.280. The molecule has 0 spiro atoms. The van der Waals surface area contributed by atoms with E-state index in [0.717, 1.165) is 24.8 Å². The molecule has 1 N–H and O–H groups in total. The van der Waals surface area contributed by atoms with Crippen molar-refractivity contribution < 1.29 is 0 Å². The lowest BCUT2D eigenvalue weighted by Gasteiger charge is -2.44. The Labute approximate surface area is 124 Å². The van der Waals surface area contributed by atoms with Crippen molar-refractivity contribution in [3.8, 4) is 6.07 Å². The van der Waals surface area contributed by atoms with Crippen LogP contribution < -0.4 is 5.32 Å². The van der Waals surface area contributed by atoms with Crippen molar-refractivity contribution in [1.82, 2.24) is 10.2 Å². The zero-order chi connectivity index (χ0) is 14.6. The normalized spacial score (nSPS) is 38.6. The highest BCUT2D eigenvalue weighted by atomic mass is 15.2. The zero-order valence-corrected chi connectivity index (χ0v) is 13.5. The van der Waals surface area contributed by atoms with Gasteiger partial charge in [-0.1, -0.05) is 13.3 Å². The van der Waals surface area contributed by atoms with E-state index in [1.807, 2.05) is 7.05 Å². The molecule has 2 atom stereocenters. The lowest BCUT2D eigenvalue weighted by atomic mass is 9.78. The van der Waals surface area contributed by atoms with Gasteiger partial charge in [0.15, 0.2) is 0 Å². The average molecular weight is 277 g/mol. The van der Waals surface area contributed by atoms with Crippen LogP contribution in [0, 0.1) is 17.2 Å². The predicted molar refractivity (Wildman–Crippen MR) is 83.5 cm³/mol. The number of rotatable bonds is 4. The summed E-state index contributed by atoms with van der Waals surface area (Å²) >= 11 is 0. The fourth-order valence-electron chi connectivity index (χ4n) is 4.24. The molecule has 2 aliphatic carbocycles. The Kier molecular flexibility index (Phi) is 5.46. The molecule has 0 aromatic rings. The molecule has 0 heterocycles. The highest BCUT2D eigenvalue weighted by Crippen LogP contribution is 2.35. The maximum absolute atomic E-state index is 9.49. The van der Waals surface area contributed by atoms with Gasteiger partial charge in [0.2, 0.25) is 0 Å².